The predicted molar refractivity (Wildman–Crippen MR) is 40.3 cm³/mol. The summed E-state index contributed by atoms with van der Waals surface area (Å²) >= 11 is 0. The molecule has 0 aromatic rings. The topological polar surface area (TPSA) is 0 Å². The second kappa shape index (κ2) is 25.2. The van der Waals surface area contributed by atoms with Gasteiger partial charge in [-0.15, -0.1) is 13.8 Å². The van der Waals surface area contributed by atoms with E-state index in [4.69, 9.17) is 0 Å². The number of rotatable bonds is 0. The first-order valence-electron chi connectivity index (χ1n) is 2.64. The summed E-state index contributed by atoms with van der Waals surface area (Å²) in [6.07, 6.45) is 7.28. The van der Waals surface area contributed by atoms with E-state index in [0.29, 0.717) is 0 Å². The summed E-state index contributed by atoms with van der Waals surface area (Å²) in [6, 6.07) is 0. The molecule has 0 aromatic carbocycles. The van der Waals surface area contributed by atoms with Crippen molar-refractivity contribution >= 4 is 0 Å². The third-order valence-corrected chi connectivity index (χ3v) is 0.471. The molecule has 0 aromatic heterocycles. The standard InChI is InChI=1S/2C4H7.Ni/c2*1-3-4-2;/h2*3-4H,1H2,2H3;/q2*-1;+2/b2*4-3+;. The Morgan fingerprint density at radius 2 is 1.00 bits per heavy atom. The molecule has 0 saturated carbocycles. The largest absolute Gasteiger partial charge is 2.00 e. The fraction of sp³-hybridized carbons (Fsp3) is 0.250. The van der Waals surface area contributed by atoms with Gasteiger partial charge >= 0.3 is 16.5 Å². The van der Waals surface area contributed by atoms with E-state index in [0.717, 1.165) is 0 Å². The SMILES string of the molecule is [CH2-]/C=C/C.[CH2-]/C=C/C.[Ni+2]. The first-order chi connectivity index (χ1) is 3.83. The van der Waals surface area contributed by atoms with Crippen LogP contribution in [-0.4, -0.2) is 0 Å². The average molecular weight is 169 g/mol. The minimum Gasteiger partial charge on any atom is -0.245 e. The second-order valence-electron chi connectivity index (χ2n) is 1.14. The van der Waals surface area contributed by atoms with E-state index in [-0.39, 0.29) is 16.5 Å². The average Bonchev–Trinajstić information content (AvgIpc) is 1.88. The Labute approximate surface area is 69.0 Å². The zero-order valence-corrected chi connectivity index (χ0v) is 7.03. The van der Waals surface area contributed by atoms with Crippen LogP contribution in [0.5, 0.6) is 0 Å². The normalized spacial score (nSPS) is 8.22. The summed E-state index contributed by atoms with van der Waals surface area (Å²) in [5.74, 6) is 0. The fourth-order valence-corrected chi connectivity index (χ4v) is 0. The number of hydrogen-bond acceptors (Lipinski definition) is 0. The molecule has 0 heterocycles. The van der Waals surface area contributed by atoms with E-state index in [9.17, 15) is 0 Å². The van der Waals surface area contributed by atoms with Crippen LogP contribution >= 0.6 is 0 Å². The van der Waals surface area contributed by atoms with Crippen molar-refractivity contribution in [1.82, 2.24) is 0 Å². The van der Waals surface area contributed by atoms with E-state index < -0.39 is 0 Å². The van der Waals surface area contributed by atoms with Crippen LogP contribution in [0.15, 0.2) is 24.3 Å². The molecule has 0 spiro atoms. The number of allylic oxidation sites excluding steroid dienone is 4. The van der Waals surface area contributed by atoms with Crippen molar-refractivity contribution in [3.8, 4) is 0 Å². The Morgan fingerprint density at radius 3 is 1.00 bits per heavy atom. The molecule has 0 amide bonds. The molecule has 0 aliphatic carbocycles. The van der Waals surface area contributed by atoms with Crippen LogP contribution in [0.3, 0.4) is 0 Å². The monoisotopic (exact) mass is 168 g/mol. The van der Waals surface area contributed by atoms with E-state index in [1.54, 1.807) is 12.2 Å². The summed E-state index contributed by atoms with van der Waals surface area (Å²) in [5, 5.41) is 0. The molecular formula is C8H14Ni. The Kier molecular flexibility index (Phi) is 44.5. The zero-order valence-electron chi connectivity index (χ0n) is 6.04. The molecule has 0 unspecified atom stereocenters. The minimum atomic E-state index is 0. The van der Waals surface area contributed by atoms with Gasteiger partial charge in [0.2, 0.25) is 0 Å². The third kappa shape index (κ3) is 85.8. The molecule has 1 heteroatoms. The summed E-state index contributed by atoms with van der Waals surface area (Å²) in [6.45, 7) is 10.7. The molecule has 0 aliphatic heterocycles. The summed E-state index contributed by atoms with van der Waals surface area (Å²) in [4.78, 5) is 0. The van der Waals surface area contributed by atoms with Crippen LogP contribution in [0.4, 0.5) is 0 Å². The van der Waals surface area contributed by atoms with Crippen LogP contribution in [0.1, 0.15) is 13.8 Å². The van der Waals surface area contributed by atoms with Gasteiger partial charge in [0, 0.05) is 0 Å². The number of hydrogen-bond donors (Lipinski definition) is 0. The van der Waals surface area contributed by atoms with E-state index in [1.165, 1.54) is 0 Å². The molecule has 0 fully saturated rings. The molecule has 0 rings (SSSR count). The van der Waals surface area contributed by atoms with E-state index >= 15 is 0 Å². The molecule has 0 nitrogen and oxygen atoms in total. The molecule has 56 valence electrons. The predicted octanol–water partition coefficient (Wildman–Crippen LogP) is 2.79. The minimum absolute atomic E-state index is 0. The van der Waals surface area contributed by atoms with Gasteiger partial charge in [-0.05, 0) is 0 Å². The van der Waals surface area contributed by atoms with Crippen LogP contribution in [0.25, 0.3) is 0 Å². The van der Waals surface area contributed by atoms with Gasteiger partial charge in [-0.1, -0.05) is 0 Å². The van der Waals surface area contributed by atoms with Crippen LogP contribution < -0.4 is 0 Å². The van der Waals surface area contributed by atoms with Crippen molar-refractivity contribution in [3.63, 3.8) is 0 Å². The zero-order chi connectivity index (χ0) is 6.83. The van der Waals surface area contributed by atoms with Gasteiger partial charge in [0.05, 0.1) is 0 Å². The molecule has 0 N–H and O–H groups in total. The van der Waals surface area contributed by atoms with Crippen molar-refractivity contribution in [2.24, 2.45) is 0 Å². The Morgan fingerprint density at radius 1 is 0.889 bits per heavy atom. The fourth-order valence-electron chi connectivity index (χ4n) is 0. The maximum absolute atomic E-state index is 3.42. The van der Waals surface area contributed by atoms with Gasteiger partial charge < -0.3 is 0 Å². The smallest absolute Gasteiger partial charge is 0.245 e. The maximum atomic E-state index is 3.42. The molecule has 0 bridgehead atoms. The van der Waals surface area contributed by atoms with Gasteiger partial charge in [0.25, 0.3) is 0 Å². The van der Waals surface area contributed by atoms with Crippen LogP contribution in [-0.2, 0) is 16.5 Å². The van der Waals surface area contributed by atoms with Crippen molar-refractivity contribution in [2.75, 3.05) is 0 Å². The summed E-state index contributed by atoms with van der Waals surface area (Å²) in [5.41, 5.74) is 0. The Balaban J connectivity index is -0.0000000720. The molecular weight excluding hydrogens is 155 g/mol. The van der Waals surface area contributed by atoms with Crippen molar-refractivity contribution in [3.05, 3.63) is 38.2 Å². The van der Waals surface area contributed by atoms with Crippen LogP contribution in [0.2, 0.25) is 0 Å². The van der Waals surface area contributed by atoms with Gasteiger partial charge in [-0.3, -0.25) is 0 Å². The maximum Gasteiger partial charge on any atom is 2.00 e. The third-order valence-electron chi connectivity index (χ3n) is 0.471. The molecule has 0 radical (unpaired) electrons. The van der Waals surface area contributed by atoms with Crippen molar-refractivity contribution in [2.45, 2.75) is 13.8 Å². The van der Waals surface area contributed by atoms with E-state index in [1.807, 2.05) is 26.0 Å². The second-order valence-corrected chi connectivity index (χ2v) is 1.14. The van der Waals surface area contributed by atoms with Crippen molar-refractivity contribution < 1.29 is 16.5 Å². The van der Waals surface area contributed by atoms with E-state index in [2.05, 4.69) is 13.8 Å². The summed E-state index contributed by atoms with van der Waals surface area (Å²) < 4.78 is 0. The first kappa shape index (κ1) is 15.9. The van der Waals surface area contributed by atoms with Crippen LogP contribution in [0, 0.1) is 13.8 Å². The molecule has 0 atom stereocenters. The Bertz CT molecular complexity index is 45.0. The van der Waals surface area contributed by atoms with Gasteiger partial charge in [0.15, 0.2) is 0 Å². The molecule has 0 aliphatic rings. The van der Waals surface area contributed by atoms with Crippen molar-refractivity contribution in [1.29, 1.82) is 0 Å². The Hall–Kier alpha value is -0.286. The first-order valence-corrected chi connectivity index (χ1v) is 2.64. The van der Waals surface area contributed by atoms with Gasteiger partial charge in [-0.25, -0.2) is 38.2 Å². The summed E-state index contributed by atoms with van der Waals surface area (Å²) in [7, 11) is 0. The van der Waals surface area contributed by atoms with Gasteiger partial charge in [0.1, 0.15) is 0 Å². The molecule has 0 saturated heterocycles. The molecule has 9 heavy (non-hydrogen) atoms. The quantitative estimate of drug-likeness (QED) is 0.386. The van der Waals surface area contributed by atoms with Gasteiger partial charge in [-0.2, -0.15) is 0 Å².